The molecule has 0 bridgehead atoms. The molecule has 0 aliphatic carbocycles. The maximum Gasteiger partial charge on any atom is 0.217 e. The van der Waals surface area contributed by atoms with Crippen molar-refractivity contribution in [2.24, 2.45) is 10.3 Å². The lowest BCUT2D eigenvalue weighted by Crippen LogP contribution is -2.42. The normalized spacial score (nSPS) is 15.4. The van der Waals surface area contributed by atoms with Crippen molar-refractivity contribution in [1.29, 1.82) is 0 Å². The second-order valence-corrected chi connectivity index (χ2v) is 4.06. The van der Waals surface area contributed by atoms with Crippen LogP contribution < -0.4 is 5.43 Å². The minimum atomic E-state index is 0.467. The summed E-state index contributed by atoms with van der Waals surface area (Å²) in [7, 11) is 0. The van der Waals surface area contributed by atoms with Gasteiger partial charge in [-0.1, -0.05) is 17.7 Å². The van der Waals surface area contributed by atoms with Crippen LogP contribution in [0.1, 0.15) is 12.0 Å². The largest absolute Gasteiger partial charge is 0.337 e. The van der Waals surface area contributed by atoms with Crippen molar-refractivity contribution in [1.82, 2.24) is 15.3 Å². The molecule has 0 amide bonds. The van der Waals surface area contributed by atoms with Gasteiger partial charge >= 0.3 is 0 Å². The van der Waals surface area contributed by atoms with E-state index in [0.29, 0.717) is 24.2 Å². The lowest BCUT2D eigenvalue weighted by molar-refractivity contribution is 0.373. The number of halogens is 1. The molecule has 1 aromatic rings. The zero-order chi connectivity index (χ0) is 12.1. The molecular weight excluding hydrogens is 242 g/mol. The predicted octanol–water partition coefficient (Wildman–Crippen LogP) is 1.57. The molecule has 0 fully saturated rings. The summed E-state index contributed by atoms with van der Waals surface area (Å²) in [5.41, 5.74) is 3.38. The molecule has 0 saturated carbocycles. The van der Waals surface area contributed by atoms with E-state index in [9.17, 15) is 4.91 Å². The molecule has 1 N–H and O–H groups in total. The molecule has 2 rings (SSSR count). The van der Waals surface area contributed by atoms with Gasteiger partial charge in [0.15, 0.2) is 0 Å². The van der Waals surface area contributed by atoms with Crippen LogP contribution in [-0.2, 0) is 6.54 Å². The molecule has 90 valence electrons. The Morgan fingerprint density at radius 3 is 3.12 bits per heavy atom. The topological polar surface area (TPSA) is 70.0 Å². The summed E-state index contributed by atoms with van der Waals surface area (Å²) in [5.74, 6) is 0.515. The van der Waals surface area contributed by atoms with Crippen LogP contribution >= 0.6 is 11.6 Å². The molecule has 1 aromatic heterocycles. The van der Waals surface area contributed by atoms with E-state index in [1.807, 2.05) is 11.0 Å². The van der Waals surface area contributed by atoms with E-state index >= 15 is 0 Å². The van der Waals surface area contributed by atoms with Gasteiger partial charge in [-0.3, -0.25) is 4.99 Å². The number of rotatable bonds is 3. The number of pyridine rings is 1. The Hall–Kier alpha value is -1.69. The van der Waals surface area contributed by atoms with Gasteiger partial charge in [-0.15, -0.1) is 4.91 Å². The Bertz CT molecular complexity index is 419. The second-order valence-electron chi connectivity index (χ2n) is 3.67. The SMILES string of the molecule is O=NNC1=NCCCN1Cc1ccc(Cl)nc1. The monoisotopic (exact) mass is 253 g/mol. The Morgan fingerprint density at radius 2 is 2.41 bits per heavy atom. The fourth-order valence-corrected chi connectivity index (χ4v) is 1.79. The van der Waals surface area contributed by atoms with Crippen molar-refractivity contribution >= 4 is 17.6 Å². The van der Waals surface area contributed by atoms with E-state index in [1.165, 1.54) is 0 Å². The number of nitroso groups, excluding NO2 is 1. The van der Waals surface area contributed by atoms with Gasteiger partial charge in [-0.05, 0) is 18.1 Å². The zero-order valence-corrected chi connectivity index (χ0v) is 9.89. The van der Waals surface area contributed by atoms with Crippen LogP contribution in [0.15, 0.2) is 28.6 Å². The molecule has 1 aliphatic rings. The standard InChI is InChI=1S/C10H12ClN5O/c11-9-3-2-8(6-13-9)7-16-5-1-4-12-10(16)14-15-17/h2-3,6H,1,4-5,7H2,(H,12,14,17). The van der Waals surface area contributed by atoms with E-state index in [-0.39, 0.29) is 0 Å². The number of hydrogen-bond acceptors (Lipinski definition) is 5. The molecule has 2 heterocycles. The smallest absolute Gasteiger partial charge is 0.217 e. The summed E-state index contributed by atoms with van der Waals surface area (Å²) in [5, 5.41) is 3.12. The maximum absolute atomic E-state index is 10.2. The van der Waals surface area contributed by atoms with Gasteiger partial charge in [0.25, 0.3) is 0 Å². The molecule has 7 heteroatoms. The van der Waals surface area contributed by atoms with Crippen molar-refractivity contribution < 1.29 is 0 Å². The highest BCUT2D eigenvalue weighted by Gasteiger charge is 2.15. The van der Waals surface area contributed by atoms with Crippen molar-refractivity contribution in [3.8, 4) is 0 Å². The van der Waals surface area contributed by atoms with Crippen LogP contribution in [-0.4, -0.2) is 28.9 Å². The van der Waals surface area contributed by atoms with Gasteiger partial charge in [0.1, 0.15) is 5.15 Å². The summed E-state index contributed by atoms with van der Waals surface area (Å²) in [6.07, 6.45) is 2.67. The number of aromatic nitrogens is 1. The maximum atomic E-state index is 10.2. The van der Waals surface area contributed by atoms with Crippen molar-refractivity contribution in [3.05, 3.63) is 34.0 Å². The van der Waals surface area contributed by atoms with Crippen molar-refractivity contribution in [2.75, 3.05) is 13.1 Å². The van der Waals surface area contributed by atoms with Crippen LogP contribution in [0.25, 0.3) is 0 Å². The Balaban J connectivity index is 2.06. The van der Waals surface area contributed by atoms with Crippen molar-refractivity contribution in [3.63, 3.8) is 0 Å². The van der Waals surface area contributed by atoms with Gasteiger partial charge in [0, 0.05) is 25.8 Å². The zero-order valence-electron chi connectivity index (χ0n) is 9.14. The first-order chi connectivity index (χ1) is 8.29. The van der Waals surface area contributed by atoms with Crippen molar-refractivity contribution in [2.45, 2.75) is 13.0 Å². The molecular formula is C10H12ClN5O. The Kier molecular flexibility index (Phi) is 3.87. The molecule has 17 heavy (non-hydrogen) atoms. The highest BCUT2D eigenvalue weighted by molar-refractivity contribution is 6.29. The fourth-order valence-electron chi connectivity index (χ4n) is 1.67. The van der Waals surface area contributed by atoms with E-state index < -0.39 is 0 Å². The third-order valence-electron chi connectivity index (χ3n) is 2.45. The number of nitrogens with one attached hydrogen (secondary N) is 1. The van der Waals surface area contributed by atoms with Gasteiger partial charge in [0.2, 0.25) is 5.96 Å². The number of guanidine groups is 1. The molecule has 6 nitrogen and oxygen atoms in total. The van der Waals surface area contributed by atoms with Gasteiger partial charge in [0.05, 0.1) is 5.29 Å². The lowest BCUT2D eigenvalue weighted by Gasteiger charge is -2.27. The average molecular weight is 254 g/mol. The van der Waals surface area contributed by atoms with Crippen LogP contribution in [0.3, 0.4) is 0 Å². The van der Waals surface area contributed by atoms with Gasteiger partial charge < -0.3 is 4.90 Å². The number of nitrogens with zero attached hydrogens (tertiary/aromatic N) is 4. The lowest BCUT2D eigenvalue weighted by atomic mass is 10.2. The molecule has 0 aromatic carbocycles. The van der Waals surface area contributed by atoms with Crippen LogP contribution in [0.2, 0.25) is 5.15 Å². The minimum absolute atomic E-state index is 0.467. The van der Waals surface area contributed by atoms with Gasteiger partial charge in [-0.25, -0.2) is 10.4 Å². The molecule has 1 aliphatic heterocycles. The highest BCUT2D eigenvalue weighted by atomic mass is 35.5. The van der Waals surface area contributed by atoms with Crippen LogP contribution in [0, 0.1) is 4.91 Å². The molecule has 0 atom stereocenters. The van der Waals surface area contributed by atoms with Gasteiger partial charge in [-0.2, -0.15) is 0 Å². The summed E-state index contributed by atoms with van der Waals surface area (Å²) in [4.78, 5) is 20.4. The fraction of sp³-hybridized carbons (Fsp3) is 0.400. The second kappa shape index (κ2) is 5.58. The molecule has 0 saturated heterocycles. The predicted molar refractivity (Wildman–Crippen MR) is 65.5 cm³/mol. The summed E-state index contributed by atoms with van der Waals surface area (Å²) >= 11 is 5.72. The third kappa shape index (κ3) is 3.13. The highest BCUT2D eigenvalue weighted by Crippen LogP contribution is 2.10. The third-order valence-corrected chi connectivity index (χ3v) is 2.68. The van der Waals surface area contributed by atoms with Crippen LogP contribution in [0.5, 0.6) is 0 Å². The summed E-state index contributed by atoms with van der Waals surface area (Å²) in [6.45, 7) is 2.18. The summed E-state index contributed by atoms with van der Waals surface area (Å²) < 4.78 is 0. The number of hydrogen-bond donors (Lipinski definition) is 1. The Labute approximate surface area is 104 Å². The molecule has 0 radical (unpaired) electrons. The Morgan fingerprint density at radius 1 is 1.53 bits per heavy atom. The van der Waals surface area contributed by atoms with E-state index in [0.717, 1.165) is 18.5 Å². The first kappa shape index (κ1) is 11.8. The summed E-state index contributed by atoms with van der Waals surface area (Å²) in [6, 6.07) is 3.64. The first-order valence-corrected chi connectivity index (χ1v) is 5.65. The van der Waals surface area contributed by atoms with E-state index in [2.05, 4.69) is 20.7 Å². The van der Waals surface area contributed by atoms with E-state index in [1.54, 1.807) is 12.3 Å². The van der Waals surface area contributed by atoms with Crippen LogP contribution in [0.4, 0.5) is 0 Å². The number of aliphatic imine (C=N–C) groups is 1. The molecule has 0 unspecified atom stereocenters. The average Bonchev–Trinajstić information content (AvgIpc) is 2.35. The van der Waals surface area contributed by atoms with E-state index in [4.69, 9.17) is 11.6 Å². The first-order valence-electron chi connectivity index (χ1n) is 5.28. The quantitative estimate of drug-likeness (QED) is 0.504. The molecule has 0 spiro atoms. The minimum Gasteiger partial charge on any atom is -0.337 e.